The van der Waals surface area contributed by atoms with Gasteiger partial charge < -0.3 is 15.2 Å². The van der Waals surface area contributed by atoms with E-state index in [0.717, 1.165) is 19.3 Å². The molecule has 1 aliphatic rings. The molecule has 1 aliphatic carbocycles. The summed E-state index contributed by atoms with van der Waals surface area (Å²) in [4.78, 5) is 0. The maximum atomic E-state index is 10.3. The highest BCUT2D eigenvalue weighted by Gasteiger charge is 2.21. The van der Waals surface area contributed by atoms with Gasteiger partial charge in [-0.2, -0.15) is 5.10 Å². The summed E-state index contributed by atoms with van der Waals surface area (Å²) in [5.41, 5.74) is 2.67. The lowest BCUT2D eigenvalue weighted by Gasteiger charge is -2.27. The predicted octanol–water partition coefficient (Wildman–Crippen LogP) is 2.88. The van der Waals surface area contributed by atoms with Crippen molar-refractivity contribution in [2.45, 2.75) is 57.4 Å². The maximum Gasteiger partial charge on any atom is 0.0898 e. The Morgan fingerprint density at radius 3 is 2.96 bits per heavy atom. The van der Waals surface area contributed by atoms with Crippen LogP contribution in [0.3, 0.4) is 0 Å². The summed E-state index contributed by atoms with van der Waals surface area (Å²) < 4.78 is 7.96. The monoisotopic (exact) mass is 343 g/mol. The number of aliphatic hydroxyl groups is 1. The maximum absolute atomic E-state index is 10.3. The number of hydrogen-bond donors (Lipinski definition) is 2. The number of benzene rings is 1. The van der Waals surface area contributed by atoms with Gasteiger partial charge in [-0.25, -0.2) is 0 Å². The van der Waals surface area contributed by atoms with Gasteiger partial charge >= 0.3 is 0 Å². The molecule has 2 N–H and O–H groups in total. The third kappa shape index (κ3) is 4.69. The largest absolute Gasteiger partial charge is 0.389 e. The Kier molecular flexibility index (Phi) is 6.24. The van der Waals surface area contributed by atoms with Crippen LogP contribution in [0.1, 0.15) is 50.0 Å². The summed E-state index contributed by atoms with van der Waals surface area (Å²) in [5, 5.41) is 17.9. The molecule has 0 aliphatic heterocycles. The minimum Gasteiger partial charge on any atom is -0.389 e. The first-order chi connectivity index (χ1) is 12.1. The van der Waals surface area contributed by atoms with Gasteiger partial charge in [-0.05, 0) is 50.3 Å². The molecule has 2 aromatic rings. The second-order valence-electron chi connectivity index (χ2n) is 6.99. The van der Waals surface area contributed by atoms with Crippen LogP contribution in [-0.4, -0.2) is 40.2 Å². The molecular weight excluding hydrogens is 314 g/mol. The number of aliphatic hydroxyl groups excluding tert-OH is 1. The van der Waals surface area contributed by atoms with Crippen molar-refractivity contribution in [1.82, 2.24) is 15.1 Å². The van der Waals surface area contributed by atoms with Crippen LogP contribution in [-0.2, 0) is 11.2 Å². The summed E-state index contributed by atoms with van der Waals surface area (Å²) in [6.07, 6.45) is 6.65. The van der Waals surface area contributed by atoms with Gasteiger partial charge in [-0.15, -0.1) is 0 Å². The SMILES string of the molecule is C[C@H](NC[C@H](O)CO[C@@H]1CCCc2ccccc21)[C@@H](C)n1cccn1. The van der Waals surface area contributed by atoms with Crippen molar-refractivity contribution in [2.75, 3.05) is 13.2 Å². The van der Waals surface area contributed by atoms with Crippen LogP contribution >= 0.6 is 0 Å². The lowest BCUT2D eigenvalue weighted by Crippen LogP contribution is -2.40. The first-order valence-corrected chi connectivity index (χ1v) is 9.25. The molecule has 0 fully saturated rings. The van der Waals surface area contributed by atoms with Crippen molar-refractivity contribution in [3.05, 3.63) is 53.9 Å². The van der Waals surface area contributed by atoms with Crippen molar-refractivity contribution >= 4 is 0 Å². The fourth-order valence-corrected chi connectivity index (χ4v) is 3.41. The van der Waals surface area contributed by atoms with E-state index in [4.69, 9.17) is 4.74 Å². The molecule has 25 heavy (non-hydrogen) atoms. The zero-order valence-corrected chi connectivity index (χ0v) is 15.1. The second-order valence-corrected chi connectivity index (χ2v) is 6.99. The number of nitrogens with one attached hydrogen (secondary N) is 1. The van der Waals surface area contributed by atoms with Crippen molar-refractivity contribution in [3.8, 4) is 0 Å². The van der Waals surface area contributed by atoms with Gasteiger partial charge in [-0.3, -0.25) is 4.68 Å². The van der Waals surface area contributed by atoms with Gasteiger partial charge in [0.25, 0.3) is 0 Å². The summed E-state index contributed by atoms with van der Waals surface area (Å²) in [6, 6.07) is 10.9. The van der Waals surface area contributed by atoms with Crippen LogP contribution in [0.25, 0.3) is 0 Å². The number of nitrogens with zero attached hydrogens (tertiary/aromatic N) is 2. The molecule has 0 spiro atoms. The first kappa shape index (κ1) is 18.1. The summed E-state index contributed by atoms with van der Waals surface area (Å²) in [7, 11) is 0. The lowest BCUT2D eigenvalue weighted by atomic mass is 9.89. The molecule has 5 nitrogen and oxygen atoms in total. The number of hydrogen-bond acceptors (Lipinski definition) is 4. The molecule has 136 valence electrons. The van der Waals surface area contributed by atoms with Crippen LogP contribution in [0.5, 0.6) is 0 Å². The smallest absolute Gasteiger partial charge is 0.0898 e. The fraction of sp³-hybridized carbons (Fsp3) is 0.550. The number of rotatable bonds is 8. The Hall–Kier alpha value is -1.69. The van der Waals surface area contributed by atoms with Gasteiger partial charge in [0.15, 0.2) is 0 Å². The van der Waals surface area contributed by atoms with Gasteiger partial charge in [0.05, 0.1) is 24.9 Å². The zero-order valence-electron chi connectivity index (χ0n) is 15.1. The molecule has 4 atom stereocenters. The van der Waals surface area contributed by atoms with E-state index in [-0.39, 0.29) is 18.2 Å². The van der Waals surface area contributed by atoms with Crippen LogP contribution in [0, 0.1) is 0 Å². The van der Waals surface area contributed by atoms with Crippen LogP contribution in [0.15, 0.2) is 42.7 Å². The molecule has 0 amide bonds. The average Bonchev–Trinajstić information content (AvgIpc) is 3.18. The highest BCUT2D eigenvalue weighted by Crippen LogP contribution is 2.32. The Morgan fingerprint density at radius 1 is 1.32 bits per heavy atom. The van der Waals surface area contributed by atoms with E-state index < -0.39 is 6.10 Å². The standard InChI is InChI=1S/C20H29N3O2/c1-15(16(2)23-12-6-11-22-23)21-13-18(24)14-25-20-10-5-8-17-7-3-4-9-19(17)20/h3-4,6-7,9,11-12,15-16,18,20-21,24H,5,8,10,13-14H2,1-2H3/t15-,16+,18-,20+/m0/s1. The lowest BCUT2D eigenvalue weighted by molar-refractivity contribution is -0.0176. The Labute approximate surface area is 150 Å². The molecule has 5 heteroatoms. The van der Waals surface area contributed by atoms with Crippen molar-refractivity contribution in [2.24, 2.45) is 0 Å². The highest BCUT2D eigenvalue weighted by atomic mass is 16.5. The highest BCUT2D eigenvalue weighted by molar-refractivity contribution is 5.31. The van der Waals surface area contributed by atoms with Crippen LogP contribution in [0.2, 0.25) is 0 Å². The topological polar surface area (TPSA) is 59.3 Å². The number of aromatic nitrogens is 2. The van der Waals surface area contributed by atoms with Crippen molar-refractivity contribution in [3.63, 3.8) is 0 Å². The van der Waals surface area contributed by atoms with E-state index in [0.29, 0.717) is 13.2 Å². The number of fused-ring (bicyclic) bond motifs is 1. The third-order valence-electron chi connectivity index (χ3n) is 5.15. The molecular formula is C20H29N3O2. The molecule has 1 aromatic heterocycles. The Bertz CT molecular complexity index is 644. The number of aryl methyl sites for hydroxylation is 1. The summed E-state index contributed by atoms with van der Waals surface area (Å²) in [6.45, 7) is 5.10. The number of ether oxygens (including phenoxy) is 1. The molecule has 0 saturated heterocycles. The summed E-state index contributed by atoms with van der Waals surface area (Å²) >= 11 is 0. The minimum atomic E-state index is -0.513. The minimum absolute atomic E-state index is 0.111. The molecule has 1 aromatic carbocycles. The first-order valence-electron chi connectivity index (χ1n) is 9.25. The van der Waals surface area contributed by atoms with E-state index in [9.17, 15) is 5.11 Å². The van der Waals surface area contributed by atoms with Crippen molar-refractivity contribution < 1.29 is 9.84 Å². The van der Waals surface area contributed by atoms with Gasteiger partial charge in [0, 0.05) is 25.0 Å². The third-order valence-corrected chi connectivity index (χ3v) is 5.15. The molecule has 1 heterocycles. The van der Waals surface area contributed by atoms with E-state index in [2.05, 4.69) is 48.5 Å². The van der Waals surface area contributed by atoms with Gasteiger partial charge in [-0.1, -0.05) is 24.3 Å². The molecule has 0 radical (unpaired) electrons. The second kappa shape index (κ2) is 8.61. The zero-order chi connectivity index (χ0) is 17.6. The van der Waals surface area contributed by atoms with Gasteiger partial charge in [0.1, 0.15) is 0 Å². The molecule has 3 rings (SSSR count). The predicted molar refractivity (Wildman–Crippen MR) is 98.5 cm³/mol. The van der Waals surface area contributed by atoms with Crippen LogP contribution in [0.4, 0.5) is 0 Å². The van der Waals surface area contributed by atoms with E-state index in [1.165, 1.54) is 11.1 Å². The molecule has 0 saturated carbocycles. The van der Waals surface area contributed by atoms with Crippen molar-refractivity contribution in [1.29, 1.82) is 0 Å². The van der Waals surface area contributed by atoms with Gasteiger partial charge in [0.2, 0.25) is 0 Å². The Balaban J connectivity index is 1.43. The van der Waals surface area contributed by atoms with Crippen LogP contribution < -0.4 is 5.32 Å². The Morgan fingerprint density at radius 2 is 2.16 bits per heavy atom. The summed E-state index contributed by atoms with van der Waals surface area (Å²) in [5.74, 6) is 0. The fourth-order valence-electron chi connectivity index (χ4n) is 3.41. The van der Waals surface area contributed by atoms with E-state index in [1.807, 2.05) is 16.9 Å². The van der Waals surface area contributed by atoms with E-state index in [1.54, 1.807) is 6.20 Å². The molecule has 0 unspecified atom stereocenters. The quantitative estimate of drug-likeness (QED) is 0.774. The normalized spacial score (nSPS) is 20.7. The average molecular weight is 343 g/mol. The molecule has 0 bridgehead atoms. The van der Waals surface area contributed by atoms with E-state index >= 15 is 0 Å².